The van der Waals surface area contributed by atoms with Crippen LogP contribution in [0.1, 0.15) is 19.4 Å². The van der Waals surface area contributed by atoms with Crippen molar-refractivity contribution in [3.8, 4) is 0 Å². The van der Waals surface area contributed by atoms with Gasteiger partial charge < -0.3 is 10.6 Å². The number of rotatable bonds is 4. The Morgan fingerprint density at radius 2 is 2.11 bits per heavy atom. The van der Waals surface area contributed by atoms with Crippen molar-refractivity contribution in [2.45, 2.75) is 20.4 Å². The van der Waals surface area contributed by atoms with E-state index in [9.17, 15) is 4.39 Å². The van der Waals surface area contributed by atoms with Crippen LogP contribution in [0.2, 0.25) is 0 Å². The molecule has 0 atom stereocenters. The monoisotopic (exact) mass is 315 g/mol. The number of nitrogens with one attached hydrogen (secondary N) is 2. The topological polar surface area (TPSA) is 36.4 Å². The van der Waals surface area contributed by atoms with Crippen molar-refractivity contribution in [3.05, 3.63) is 34.1 Å². The van der Waals surface area contributed by atoms with Crippen molar-refractivity contribution in [2.75, 3.05) is 13.6 Å². The zero-order chi connectivity index (χ0) is 13.5. The van der Waals surface area contributed by atoms with Crippen LogP contribution >= 0.6 is 15.9 Å². The molecule has 0 heterocycles. The molecule has 1 aromatic carbocycles. The van der Waals surface area contributed by atoms with E-state index in [1.54, 1.807) is 13.1 Å². The summed E-state index contributed by atoms with van der Waals surface area (Å²) < 4.78 is 13.8. The van der Waals surface area contributed by atoms with Crippen LogP contribution in [0.3, 0.4) is 0 Å². The van der Waals surface area contributed by atoms with Gasteiger partial charge in [0.2, 0.25) is 0 Å². The SMILES string of the molecule is CN=C(NCc1ccc(Br)c(F)c1)NCC(C)C. The zero-order valence-electron chi connectivity index (χ0n) is 10.9. The number of nitrogens with zero attached hydrogens (tertiary/aromatic N) is 1. The summed E-state index contributed by atoms with van der Waals surface area (Å²) in [7, 11) is 1.72. The van der Waals surface area contributed by atoms with Crippen LogP contribution in [0.5, 0.6) is 0 Å². The number of aliphatic imine (C=N–C) groups is 1. The van der Waals surface area contributed by atoms with Gasteiger partial charge in [0.25, 0.3) is 0 Å². The second-order valence-corrected chi connectivity index (χ2v) is 5.30. The lowest BCUT2D eigenvalue weighted by molar-refractivity contribution is 0.611. The largest absolute Gasteiger partial charge is 0.356 e. The molecular formula is C13H19BrFN3. The maximum atomic E-state index is 13.3. The molecule has 0 aliphatic heterocycles. The van der Waals surface area contributed by atoms with Gasteiger partial charge in [-0.3, -0.25) is 4.99 Å². The van der Waals surface area contributed by atoms with Gasteiger partial charge in [0.15, 0.2) is 5.96 Å². The zero-order valence-corrected chi connectivity index (χ0v) is 12.5. The van der Waals surface area contributed by atoms with Crippen LogP contribution in [0, 0.1) is 11.7 Å². The van der Waals surface area contributed by atoms with E-state index in [4.69, 9.17) is 0 Å². The lowest BCUT2D eigenvalue weighted by Gasteiger charge is -2.13. The normalized spacial score (nSPS) is 11.8. The molecule has 3 nitrogen and oxygen atoms in total. The van der Waals surface area contributed by atoms with E-state index < -0.39 is 0 Å². The lowest BCUT2D eigenvalue weighted by Crippen LogP contribution is -2.38. The summed E-state index contributed by atoms with van der Waals surface area (Å²) in [6.07, 6.45) is 0. The molecule has 2 N–H and O–H groups in total. The van der Waals surface area contributed by atoms with Crippen molar-refractivity contribution >= 4 is 21.9 Å². The third kappa shape index (κ3) is 5.04. The van der Waals surface area contributed by atoms with E-state index >= 15 is 0 Å². The van der Waals surface area contributed by atoms with Crippen LogP contribution in [-0.2, 0) is 6.54 Å². The fraction of sp³-hybridized carbons (Fsp3) is 0.462. The standard InChI is InChI=1S/C13H19BrFN3/c1-9(2)7-17-13(16-3)18-8-10-4-5-11(14)12(15)6-10/h4-6,9H,7-8H2,1-3H3,(H2,16,17,18). The molecule has 0 amide bonds. The van der Waals surface area contributed by atoms with E-state index in [0.717, 1.165) is 18.1 Å². The van der Waals surface area contributed by atoms with Crippen LogP contribution < -0.4 is 10.6 Å². The summed E-state index contributed by atoms with van der Waals surface area (Å²) in [4.78, 5) is 4.11. The molecule has 100 valence electrons. The van der Waals surface area contributed by atoms with Gasteiger partial charge in [-0.2, -0.15) is 0 Å². The van der Waals surface area contributed by atoms with Gasteiger partial charge in [-0.15, -0.1) is 0 Å². The Kier molecular flexibility index (Phi) is 6.12. The molecule has 0 saturated heterocycles. The fourth-order valence-corrected chi connectivity index (χ4v) is 1.60. The molecule has 0 aromatic heterocycles. The Balaban J connectivity index is 2.50. The van der Waals surface area contributed by atoms with Crippen molar-refractivity contribution in [1.29, 1.82) is 0 Å². The smallest absolute Gasteiger partial charge is 0.191 e. The lowest BCUT2D eigenvalue weighted by atomic mass is 10.2. The van der Waals surface area contributed by atoms with Gasteiger partial charge in [-0.05, 0) is 39.5 Å². The first kappa shape index (κ1) is 15.0. The van der Waals surface area contributed by atoms with Crippen molar-refractivity contribution in [1.82, 2.24) is 10.6 Å². The molecule has 0 radical (unpaired) electrons. The average molecular weight is 316 g/mol. The Morgan fingerprint density at radius 3 is 2.67 bits per heavy atom. The molecule has 18 heavy (non-hydrogen) atoms. The first-order valence-corrected chi connectivity index (χ1v) is 6.70. The summed E-state index contributed by atoms with van der Waals surface area (Å²) in [6.45, 7) is 5.66. The second-order valence-electron chi connectivity index (χ2n) is 4.45. The van der Waals surface area contributed by atoms with Gasteiger partial charge in [0.05, 0.1) is 4.47 Å². The van der Waals surface area contributed by atoms with E-state index in [2.05, 4.69) is 45.4 Å². The highest BCUT2D eigenvalue weighted by Crippen LogP contribution is 2.16. The highest BCUT2D eigenvalue weighted by Gasteiger charge is 2.02. The molecule has 0 unspecified atom stereocenters. The minimum atomic E-state index is -0.251. The maximum absolute atomic E-state index is 13.3. The second kappa shape index (κ2) is 7.36. The van der Waals surface area contributed by atoms with Crippen molar-refractivity contribution in [3.63, 3.8) is 0 Å². The summed E-state index contributed by atoms with van der Waals surface area (Å²) in [6, 6.07) is 5.08. The third-order valence-corrected chi connectivity index (χ3v) is 2.99. The number of hydrogen-bond donors (Lipinski definition) is 2. The van der Waals surface area contributed by atoms with E-state index in [0.29, 0.717) is 16.9 Å². The van der Waals surface area contributed by atoms with Crippen LogP contribution in [0.25, 0.3) is 0 Å². The maximum Gasteiger partial charge on any atom is 0.191 e. The average Bonchev–Trinajstić information content (AvgIpc) is 2.33. The number of hydrogen-bond acceptors (Lipinski definition) is 1. The van der Waals surface area contributed by atoms with Gasteiger partial charge in [0.1, 0.15) is 5.82 Å². The summed E-state index contributed by atoms with van der Waals surface area (Å²) >= 11 is 3.13. The van der Waals surface area contributed by atoms with Crippen molar-refractivity contribution in [2.24, 2.45) is 10.9 Å². The van der Waals surface area contributed by atoms with Crippen molar-refractivity contribution < 1.29 is 4.39 Å². The Labute approximate surface area is 116 Å². The summed E-state index contributed by atoms with van der Waals surface area (Å²) in [5.74, 6) is 1.03. The quantitative estimate of drug-likeness (QED) is 0.662. The molecule has 1 rings (SSSR count). The van der Waals surface area contributed by atoms with E-state index in [1.165, 1.54) is 6.07 Å². The van der Waals surface area contributed by atoms with E-state index in [1.807, 2.05) is 6.07 Å². The minimum Gasteiger partial charge on any atom is -0.356 e. The fourth-order valence-electron chi connectivity index (χ4n) is 1.36. The predicted octanol–water partition coefficient (Wildman–Crippen LogP) is 2.91. The molecule has 0 aliphatic rings. The number of halogens is 2. The molecule has 0 saturated carbocycles. The van der Waals surface area contributed by atoms with E-state index in [-0.39, 0.29) is 5.82 Å². The van der Waals surface area contributed by atoms with Crippen LogP contribution in [0.4, 0.5) is 4.39 Å². The highest BCUT2D eigenvalue weighted by atomic mass is 79.9. The number of benzene rings is 1. The first-order valence-electron chi connectivity index (χ1n) is 5.91. The van der Waals surface area contributed by atoms with Gasteiger partial charge in [-0.1, -0.05) is 19.9 Å². The highest BCUT2D eigenvalue weighted by molar-refractivity contribution is 9.10. The Hall–Kier alpha value is -1.10. The molecule has 1 aromatic rings. The molecule has 0 bridgehead atoms. The predicted molar refractivity (Wildman–Crippen MR) is 77.1 cm³/mol. The molecule has 5 heteroatoms. The Morgan fingerprint density at radius 1 is 1.39 bits per heavy atom. The molecule has 0 fully saturated rings. The van der Waals surface area contributed by atoms with Crippen LogP contribution in [-0.4, -0.2) is 19.6 Å². The Bertz CT molecular complexity index is 419. The van der Waals surface area contributed by atoms with Gasteiger partial charge in [0, 0.05) is 20.1 Å². The van der Waals surface area contributed by atoms with Crippen LogP contribution in [0.15, 0.2) is 27.7 Å². The van der Waals surface area contributed by atoms with Gasteiger partial charge in [-0.25, -0.2) is 4.39 Å². The number of guanidine groups is 1. The summed E-state index contributed by atoms with van der Waals surface area (Å²) in [5, 5.41) is 6.35. The minimum absolute atomic E-state index is 0.251. The summed E-state index contributed by atoms with van der Waals surface area (Å²) in [5.41, 5.74) is 0.878. The molecular weight excluding hydrogens is 297 g/mol. The van der Waals surface area contributed by atoms with Gasteiger partial charge >= 0.3 is 0 Å². The first-order chi connectivity index (χ1) is 8.52. The molecule has 0 spiro atoms. The molecule has 0 aliphatic carbocycles. The third-order valence-electron chi connectivity index (χ3n) is 2.35.